The fraction of sp³-hybridized carbons (Fsp3) is 0.462. The van der Waals surface area contributed by atoms with Gasteiger partial charge in [0, 0.05) is 6.54 Å². The minimum Gasteiger partial charge on any atom is -0.368 e. The van der Waals surface area contributed by atoms with Crippen LogP contribution in [0, 0.1) is 0 Å². The largest absolute Gasteiger partial charge is 0.368 e. The van der Waals surface area contributed by atoms with E-state index in [1.807, 2.05) is 18.2 Å². The lowest BCUT2D eigenvalue weighted by Crippen LogP contribution is -2.51. The first kappa shape index (κ1) is 12.7. The van der Waals surface area contributed by atoms with Gasteiger partial charge in [-0.1, -0.05) is 37.3 Å². The summed E-state index contributed by atoms with van der Waals surface area (Å²) < 4.78 is 0. The average Bonchev–Trinajstić information content (AvgIpc) is 2.27. The van der Waals surface area contributed by atoms with E-state index in [0.29, 0.717) is 5.92 Å². The summed E-state index contributed by atoms with van der Waals surface area (Å²) in [5.41, 5.74) is 5.90. The smallest absolute Gasteiger partial charge is 0.237 e. The molecular formula is C13H20N2O. The topological polar surface area (TPSA) is 55.1 Å². The van der Waals surface area contributed by atoms with Gasteiger partial charge in [-0.3, -0.25) is 4.79 Å². The number of amides is 1. The summed E-state index contributed by atoms with van der Waals surface area (Å²) in [6.07, 6.45) is 0. The molecule has 0 aliphatic heterocycles. The average molecular weight is 220 g/mol. The van der Waals surface area contributed by atoms with Crippen molar-refractivity contribution in [3.8, 4) is 0 Å². The maximum Gasteiger partial charge on any atom is 0.237 e. The normalized spacial score (nSPS) is 13.4. The highest BCUT2D eigenvalue weighted by atomic mass is 16.1. The first-order chi connectivity index (χ1) is 7.43. The Morgan fingerprint density at radius 1 is 1.38 bits per heavy atom. The van der Waals surface area contributed by atoms with Gasteiger partial charge >= 0.3 is 0 Å². The minimum atomic E-state index is -0.650. The summed E-state index contributed by atoms with van der Waals surface area (Å²) in [6, 6.07) is 10.2. The number of nitrogens with two attached hydrogens (primary N) is 1. The van der Waals surface area contributed by atoms with Gasteiger partial charge in [-0.15, -0.1) is 0 Å². The number of hydrogen-bond donors (Lipinski definition) is 2. The summed E-state index contributed by atoms with van der Waals surface area (Å²) in [4.78, 5) is 11.1. The third-order valence-corrected chi connectivity index (χ3v) is 2.83. The van der Waals surface area contributed by atoms with Gasteiger partial charge in [-0.2, -0.15) is 0 Å². The number of carbonyl (C=O) groups excluding carboxylic acids is 1. The zero-order valence-corrected chi connectivity index (χ0v) is 10.2. The highest BCUT2D eigenvalue weighted by molar-refractivity contribution is 5.83. The zero-order valence-electron chi connectivity index (χ0n) is 10.2. The van der Waals surface area contributed by atoms with Crippen molar-refractivity contribution in [2.45, 2.75) is 32.2 Å². The van der Waals surface area contributed by atoms with Crippen molar-refractivity contribution in [1.82, 2.24) is 5.32 Å². The van der Waals surface area contributed by atoms with Crippen molar-refractivity contribution in [3.05, 3.63) is 35.9 Å². The van der Waals surface area contributed by atoms with Gasteiger partial charge in [0.2, 0.25) is 5.91 Å². The number of carbonyl (C=O) groups is 1. The van der Waals surface area contributed by atoms with E-state index < -0.39 is 5.54 Å². The predicted octanol–water partition coefficient (Wildman–Crippen LogP) is 1.64. The molecule has 0 saturated heterocycles. The van der Waals surface area contributed by atoms with Crippen molar-refractivity contribution in [3.63, 3.8) is 0 Å². The molecule has 1 atom stereocenters. The van der Waals surface area contributed by atoms with Gasteiger partial charge in [0.25, 0.3) is 0 Å². The van der Waals surface area contributed by atoms with Gasteiger partial charge < -0.3 is 11.1 Å². The zero-order chi connectivity index (χ0) is 12.2. The lowest BCUT2D eigenvalue weighted by molar-refractivity contribution is -0.123. The molecule has 3 N–H and O–H groups in total. The van der Waals surface area contributed by atoms with Crippen LogP contribution in [0.3, 0.4) is 0 Å². The molecule has 1 aromatic rings. The lowest BCUT2D eigenvalue weighted by Gasteiger charge is -2.24. The maximum atomic E-state index is 11.1. The molecule has 3 heteroatoms. The van der Waals surface area contributed by atoms with Gasteiger partial charge in [0.15, 0.2) is 0 Å². The standard InChI is InChI=1S/C13H20N2O/c1-10(11-7-5-4-6-8-11)9-15-13(2,3)12(14)16/h4-8,10,15H,9H2,1-3H3,(H2,14,16). The molecule has 0 saturated carbocycles. The van der Waals surface area contributed by atoms with Gasteiger partial charge in [-0.25, -0.2) is 0 Å². The molecule has 0 aliphatic rings. The van der Waals surface area contributed by atoms with Crippen molar-refractivity contribution in [2.75, 3.05) is 6.54 Å². The van der Waals surface area contributed by atoms with E-state index in [1.165, 1.54) is 5.56 Å². The summed E-state index contributed by atoms with van der Waals surface area (Å²) in [7, 11) is 0. The highest BCUT2D eigenvalue weighted by Gasteiger charge is 2.24. The number of benzene rings is 1. The number of primary amides is 1. The maximum absolute atomic E-state index is 11.1. The van der Waals surface area contributed by atoms with Crippen molar-refractivity contribution in [1.29, 1.82) is 0 Å². The van der Waals surface area contributed by atoms with E-state index in [1.54, 1.807) is 13.8 Å². The summed E-state index contributed by atoms with van der Waals surface area (Å²) in [5.74, 6) is 0.0348. The number of rotatable bonds is 5. The van der Waals surface area contributed by atoms with Gasteiger partial charge in [-0.05, 0) is 25.3 Å². The summed E-state index contributed by atoms with van der Waals surface area (Å²) >= 11 is 0. The molecule has 0 aliphatic carbocycles. The minimum absolute atomic E-state index is 0.326. The first-order valence-corrected chi connectivity index (χ1v) is 5.53. The Balaban J connectivity index is 2.54. The van der Waals surface area contributed by atoms with Crippen LogP contribution in [0.15, 0.2) is 30.3 Å². The van der Waals surface area contributed by atoms with Crippen LogP contribution < -0.4 is 11.1 Å². The van der Waals surface area contributed by atoms with Crippen LogP contribution in [-0.4, -0.2) is 18.0 Å². The van der Waals surface area contributed by atoms with Crippen LogP contribution in [0.1, 0.15) is 32.3 Å². The Kier molecular flexibility index (Phi) is 4.07. The van der Waals surface area contributed by atoms with E-state index in [0.717, 1.165) is 6.54 Å². The van der Waals surface area contributed by atoms with E-state index in [2.05, 4.69) is 24.4 Å². The summed E-state index contributed by atoms with van der Waals surface area (Å²) in [5, 5.41) is 3.18. The van der Waals surface area contributed by atoms with Crippen LogP contribution in [0.25, 0.3) is 0 Å². The molecule has 1 unspecified atom stereocenters. The van der Waals surface area contributed by atoms with Crippen LogP contribution in [0.2, 0.25) is 0 Å². The van der Waals surface area contributed by atoms with Crippen LogP contribution in [-0.2, 0) is 4.79 Å². The molecule has 0 aromatic heterocycles. The van der Waals surface area contributed by atoms with E-state index in [-0.39, 0.29) is 5.91 Å². The second-order valence-electron chi connectivity index (χ2n) is 4.68. The quantitative estimate of drug-likeness (QED) is 0.792. The molecule has 1 rings (SSSR count). The Morgan fingerprint density at radius 3 is 2.44 bits per heavy atom. The number of hydrogen-bond acceptors (Lipinski definition) is 2. The fourth-order valence-corrected chi connectivity index (χ4v) is 1.39. The molecule has 1 aromatic carbocycles. The van der Waals surface area contributed by atoms with Gasteiger partial charge in [0.05, 0.1) is 5.54 Å². The Hall–Kier alpha value is -1.35. The second-order valence-corrected chi connectivity index (χ2v) is 4.68. The molecular weight excluding hydrogens is 200 g/mol. The molecule has 0 radical (unpaired) electrons. The van der Waals surface area contributed by atoms with E-state index >= 15 is 0 Å². The van der Waals surface area contributed by atoms with Crippen LogP contribution >= 0.6 is 0 Å². The van der Waals surface area contributed by atoms with Crippen molar-refractivity contribution >= 4 is 5.91 Å². The van der Waals surface area contributed by atoms with Crippen LogP contribution in [0.5, 0.6) is 0 Å². The predicted molar refractivity (Wildman–Crippen MR) is 66.1 cm³/mol. The molecule has 16 heavy (non-hydrogen) atoms. The Morgan fingerprint density at radius 2 is 1.94 bits per heavy atom. The second kappa shape index (κ2) is 5.12. The van der Waals surface area contributed by atoms with Gasteiger partial charge in [0.1, 0.15) is 0 Å². The molecule has 0 fully saturated rings. The van der Waals surface area contributed by atoms with E-state index in [4.69, 9.17) is 5.73 Å². The fourth-order valence-electron chi connectivity index (χ4n) is 1.39. The molecule has 0 bridgehead atoms. The third-order valence-electron chi connectivity index (χ3n) is 2.83. The third kappa shape index (κ3) is 3.35. The number of nitrogens with one attached hydrogen (secondary N) is 1. The summed E-state index contributed by atoms with van der Waals surface area (Å²) in [6.45, 7) is 6.46. The monoisotopic (exact) mass is 220 g/mol. The SMILES string of the molecule is CC(CNC(C)(C)C(N)=O)c1ccccc1. The highest BCUT2D eigenvalue weighted by Crippen LogP contribution is 2.14. The molecule has 88 valence electrons. The molecule has 3 nitrogen and oxygen atoms in total. The molecule has 0 spiro atoms. The van der Waals surface area contributed by atoms with E-state index in [9.17, 15) is 4.79 Å². The lowest BCUT2D eigenvalue weighted by atomic mass is 9.98. The molecule has 1 amide bonds. The van der Waals surface area contributed by atoms with Crippen molar-refractivity contribution in [2.24, 2.45) is 5.73 Å². The van der Waals surface area contributed by atoms with Crippen molar-refractivity contribution < 1.29 is 4.79 Å². The Bertz CT molecular complexity index is 346. The first-order valence-electron chi connectivity index (χ1n) is 5.53. The Labute approximate surface area is 97.0 Å². The molecule has 0 heterocycles. The van der Waals surface area contributed by atoms with Crippen LogP contribution in [0.4, 0.5) is 0 Å².